The molecular weight excluding hydrogens is 222 g/mol. The Morgan fingerprint density at radius 1 is 1.62 bits per heavy atom. The van der Waals surface area contributed by atoms with Crippen molar-refractivity contribution in [2.24, 2.45) is 5.73 Å². The number of alkyl halides is 1. The summed E-state index contributed by atoms with van der Waals surface area (Å²) in [6.45, 7) is 4.10. The molecule has 0 saturated heterocycles. The average molecular weight is 240 g/mol. The SMILES string of the molecule is CCCCC(Cl)CC(=S)SC(C)N. The van der Waals surface area contributed by atoms with Crippen LogP contribution in [0.15, 0.2) is 0 Å². The summed E-state index contributed by atoms with van der Waals surface area (Å²) in [5.41, 5.74) is 5.60. The lowest BCUT2D eigenvalue weighted by atomic mass is 10.2. The third-order valence-electron chi connectivity index (χ3n) is 1.58. The topological polar surface area (TPSA) is 26.0 Å². The summed E-state index contributed by atoms with van der Waals surface area (Å²) in [5, 5.41) is 0.279. The van der Waals surface area contributed by atoms with Crippen LogP contribution >= 0.6 is 35.6 Å². The maximum absolute atomic E-state index is 6.10. The first-order chi connectivity index (χ1) is 6.06. The van der Waals surface area contributed by atoms with E-state index in [0.717, 1.165) is 17.0 Å². The van der Waals surface area contributed by atoms with Gasteiger partial charge in [-0.15, -0.1) is 23.4 Å². The van der Waals surface area contributed by atoms with Crippen LogP contribution in [-0.2, 0) is 0 Å². The normalized spacial score (nSPS) is 15.4. The Morgan fingerprint density at radius 2 is 2.23 bits per heavy atom. The van der Waals surface area contributed by atoms with Crippen LogP contribution in [0.25, 0.3) is 0 Å². The van der Waals surface area contributed by atoms with Crippen LogP contribution in [0.5, 0.6) is 0 Å². The molecule has 13 heavy (non-hydrogen) atoms. The van der Waals surface area contributed by atoms with E-state index in [1.54, 1.807) is 11.8 Å². The maximum atomic E-state index is 6.10. The Morgan fingerprint density at radius 3 is 2.69 bits per heavy atom. The Hall–Kier alpha value is 0.690. The fraction of sp³-hybridized carbons (Fsp3) is 0.889. The predicted molar refractivity (Wildman–Crippen MR) is 67.6 cm³/mol. The monoisotopic (exact) mass is 239 g/mol. The average Bonchev–Trinajstić information content (AvgIpc) is 1.98. The minimum Gasteiger partial charge on any atom is -0.319 e. The molecule has 0 heterocycles. The van der Waals surface area contributed by atoms with Gasteiger partial charge in [-0.05, 0) is 13.3 Å². The third-order valence-corrected chi connectivity index (χ3v) is 3.21. The third kappa shape index (κ3) is 9.01. The van der Waals surface area contributed by atoms with E-state index in [-0.39, 0.29) is 10.8 Å². The summed E-state index contributed by atoms with van der Waals surface area (Å²) in [7, 11) is 0. The maximum Gasteiger partial charge on any atom is 0.0530 e. The van der Waals surface area contributed by atoms with Crippen LogP contribution in [0.4, 0.5) is 0 Å². The smallest absolute Gasteiger partial charge is 0.0530 e. The zero-order valence-electron chi connectivity index (χ0n) is 8.25. The highest BCUT2D eigenvalue weighted by molar-refractivity contribution is 8.23. The first-order valence-corrected chi connectivity index (χ1v) is 6.37. The first kappa shape index (κ1) is 13.7. The minimum atomic E-state index is 0.0857. The minimum absolute atomic E-state index is 0.0857. The standard InChI is InChI=1S/C9H18ClNS2/c1-3-4-5-8(10)6-9(12)13-7(2)11/h7-8H,3-6,11H2,1-2H3. The molecule has 0 amide bonds. The lowest BCUT2D eigenvalue weighted by Gasteiger charge is -2.10. The first-order valence-electron chi connectivity index (χ1n) is 4.65. The molecule has 0 aliphatic carbocycles. The summed E-state index contributed by atoms with van der Waals surface area (Å²) in [6, 6.07) is 0. The van der Waals surface area contributed by atoms with E-state index in [0.29, 0.717) is 0 Å². The van der Waals surface area contributed by atoms with E-state index in [9.17, 15) is 0 Å². The van der Waals surface area contributed by atoms with Crippen LogP contribution in [0.2, 0.25) is 0 Å². The van der Waals surface area contributed by atoms with Gasteiger partial charge in [0.1, 0.15) is 0 Å². The van der Waals surface area contributed by atoms with Gasteiger partial charge < -0.3 is 5.73 Å². The van der Waals surface area contributed by atoms with Crippen molar-refractivity contribution >= 4 is 39.8 Å². The van der Waals surface area contributed by atoms with Gasteiger partial charge in [0.05, 0.1) is 9.57 Å². The van der Waals surface area contributed by atoms with Gasteiger partial charge in [0.2, 0.25) is 0 Å². The number of unbranched alkanes of at least 4 members (excludes halogenated alkanes) is 1. The van der Waals surface area contributed by atoms with Gasteiger partial charge in [0.15, 0.2) is 0 Å². The number of nitrogens with two attached hydrogens (primary N) is 1. The second-order valence-corrected chi connectivity index (χ2v) is 5.98. The van der Waals surface area contributed by atoms with E-state index < -0.39 is 0 Å². The molecule has 0 saturated carbocycles. The Bertz CT molecular complexity index is 151. The summed E-state index contributed by atoms with van der Waals surface area (Å²) in [4.78, 5) is 0. The van der Waals surface area contributed by atoms with Crippen LogP contribution in [-0.4, -0.2) is 14.9 Å². The highest BCUT2D eigenvalue weighted by Gasteiger charge is 2.09. The second-order valence-electron chi connectivity index (χ2n) is 3.14. The van der Waals surface area contributed by atoms with Crippen molar-refractivity contribution in [2.75, 3.05) is 0 Å². The number of thiocarbonyl (C=S) groups is 1. The molecule has 1 nitrogen and oxygen atoms in total. The van der Waals surface area contributed by atoms with Gasteiger partial charge >= 0.3 is 0 Å². The zero-order chi connectivity index (χ0) is 10.3. The van der Waals surface area contributed by atoms with Crippen molar-refractivity contribution in [1.29, 1.82) is 0 Å². The lowest BCUT2D eigenvalue weighted by Crippen LogP contribution is -2.14. The number of thioether (sulfide) groups is 1. The lowest BCUT2D eigenvalue weighted by molar-refractivity contribution is 0.692. The van der Waals surface area contributed by atoms with E-state index in [1.165, 1.54) is 12.8 Å². The molecule has 4 heteroatoms. The van der Waals surface area contributed by atoms with Crippen LogP contribution in [0, 0.1) is 0 Å². The molecule has 0 aromatic rings. The van der Waals surface area contributed by atoms with Crippen molar-refractivity contribution in [1.82, 2.24) is 0 Å². The van der Waals surface area contributed by atoms with Crippen molar-refractivity contribution < 1.29 is 0 Å². The van der Waals surface area contributed by atoms with Crippen molar-refractivity contribution in [3.05, 3.63) is 0 Å². The molecule has 78 valence electrons. The van der Waals surface area contributed by atoms with Gasteiger partial charge in [0, 0.05) is 11.8 Å². The number of hydrogen-bond acceptors (Lipinski definition) is 3. The molecule has 0 aromatic carbocycles. The second kappa shape index (κ2) is 8.04. The molecule has 2 unspecified atom stereocenters. The van der Waals surface area contributed by atoms with E-state index in [4.69, 9.17) is 29.6 Å². The van der Waals surface area contributed by atoms with E-state index in [1.807, 2.05) is 6.92 Å². The zero-order valence-corrected chi connectivity index (χ0v) is 10.6. The van der Waals surface area contributed by atoms with Gasteiger partial charge in [-0.25, -0.2) is 0 Å². The van der Waals surface area contributed by atoms with Gasteiger partial charge in [0.25, 0.3) is 0 Å². The highest BCUT2D eigenvalue weighted by atomic mass is 35.5. The van der Waals surface area contributed by atoms with Crippen molar-refractivity contribution in [2.45, 2.75) is 50.3 Å². The molecule has 2 N–H and O–H groups in total. The van der Waals surface area contributed by atoms with E-state index in [2.05, 4.69) is 6.92 Å². The Kier molecular flexibility index (Phi) is 8.46. The van der Waals surface area contributed by atoms with Crippen LogP contribution in [0.1, 0.15) is 39.5 Å². The molecule has 2 atom stereocenters. The molecule has 0 rings (SSSR count). The molecule has 0 aliphatic rings. The molecule has 0 spiro atoms. The number of hydrogen-bond donors (Lipinski definition) is 1. The fourth-order valence-corrected chi connectivity index (χ4v) is 2.82. The van der Waals surface area contributed by atoms with Crippen LogP contribution in [0.3, 0.4) is 0 Å². The predicted octanol–water partition coefficient (Wildman–Crippen LogP) is 3.54. The van der Waals surface area contributed by atoms with Gasteiger partial charge in [-0.3, -0.25) is 0 Å². The number of rotatable bonds is 6. The Labute approximate surface area is 95.8 Å². The van der Waals surface area contributed by atoms with E-state index >= 15 is 0 Å². The summed E-state index contributed by atoms with van der Waals surface area (Å²) < 4.78 is 0.936. The number of halogens is 1. The van der Waals surface area contributed by atoms with Crippen LogP contribution < -0.4 is 5.73 Å². The molecule has 0 aromatic heterocycles. The molecule has 0 aliphatic heterocycles. The molecule has 0 radical (unpaired) electrons. The Balaban J connectivity index is 3.53. The highest BCUT2D eigenvalue weighted by Crippen LogP contribution is 2.19. The van der Waals surface area contributed by atoms with Gasteiger partial charge in [-0.2, -0.15) is 0 Å². The van der Waals surface area contributed by atoms with Crippen molar-refractivity contribution in [3.63, 3.8) is 0 Å². The largest absolute Gasteiger partial charge is 0.319 e. The summed E-state index contributed by atoms with van der Waals surface area (Å²) in [6.07, 6.45) is 4.23. The molecular formula is C9H18ClNS2. The van der Waals surface area contributed by atoms with Crippen molar-refractivity contribution in [3.8, 4) is 0 Å². The van der Waals surface area contributed by atoms with Gasteiger partial charge in [-0.1, -0.05) is 32.0 Å². The fourth-order valence-electron chi connectivity index (χ4n) is 0.964. The molecule has 0 fully saturated rings. The quantitative estimate of drug-likeness (QED) is 0.436. The molecule has 0 bridgehead atoms. The summed E-state index contributed by atoms with van der Waals surface area (Å²) >= 11 is 12.8. The summed E-state index contributed by atoms with van der Waals surface area (Å²) in [5.74, 6) is 0.